The monoisotopic (exact) mass is 398 g/mol. The second kappa shape index (κ2) is 7.03. The predicted molar refractivity (Wildman–Crippen MR) is 110 cm³/mol. The summed E-state index contributed by atoms with van der Waals surface area (Å²) in [5, 5.41) is 14.8. The topological polar surface area (TPSA) is 46.0 Å². The van der Waals surface area contributed by atoms with Gasteiger partial charge in [-0.3, -0.25) is 0 Å². The molecule has 0 unspecified atom stereocenters. The summed E-state index contributed by atoms with van der Waals surface area (Å²) in [5.41, 5.74) is 1.68. The van der Waals surface area contributed by atoms with Crippen LogP contribution < -0.4 is 0 Å². The molecule has 0 bridgehead atoms. The predicted octanol–water partition coefficient (Wildman–Crippen LogP) is 5.95. The molecule has 0 aliphatic heterocycles. The van der Waals surface area contributed by atoms with Crippen LogP contribution in [0.1, 0.15) is 5.56 Å². The van der Waals surface area contributed by atoms with E-state index in [4.69, 9.17) is 35.4 Å². The summed E-state index contributed by atoms with van der Waals surface area (Å²) in [7, 11) is 0. The molecule has 0 radical (unpaired) electrons. The van der Waals surface area contributed by atoms with Crippen LogP contribution in [0.2, 0.25) is 10.0 Å². The molecule has 0 fully saturated rings. The highest BCUT2D eigenvalue weighted by atomic mass is 35.5. The zero-order valence-electron chi connectivity index (χ0n) is 13.4. The SMILES string of the molecule is S=c1[nH]nc(-c2ccc(Cl)cc2Cl)n1/N=C\c1cccc2ccccc12. The van der Waals surface area contributed by atoms with Gasteiger partial charge in [0.2, 0.25) is 4.77 Å². The lowest BCUT2D eigenvalue weighted by Gasteiger charge is -2.05. The Labute approximate surface area is 164 Å². The van der Waals surface area contributed by atoms with Gasteiger partial charge in [0.05, 0.1) is 11.2 Å². The largest absolute Gasteiger partial charge is 0.250 e. The van der Waals surface area contributed by atoms with E-state index >= 15 is 0 Å². The molecule has 0 saturated carbocycles. The van der Waals surface area contributed by atoms with Crippen molar-refractivity contribution in [2.24, 2.45) is 5.10 Å². The van der Waals surface area contributed by atoms with E-state index in [1.165, 1.54) is 0 Å². The van der Waals surface area contributed by atoms with E-state index in [9.17, 15) is 0 Å². The molecule has 1 aromatic heterocycles. The van der Waals surface area contributed by atoms with E-state index in [-0.39, 0.29) is 0 Å². The van der Waals surface area contributed by atoms with E-state index in [0.29, 0.717) is 26.2 Å². The van der Waals surface area contributed by atoms with Crippen LogP contribution in [0.4, 0.5) is 0 Å². The van der Waals surface area contributed by atoms with Crippen molar-refractivity contribution in [3.8, 4) is 11.4 Å². The van der Waals surface area contributed by atoms with Crippen molar-refractivity contribution in [2.45, 2.75) is 0 Å². The van der Waals surface area contributed by atoms with Crippen LogP contribution >= 0.6 is 35.4 Å². The molecule has 4 rings (SSSR count). The first-order chi connectivity index (χ1) is 12.6. The van der Waals surface area contributed by atoms with Crippen molar-refractivity contribution in [1.82, 2.24) is 14.9 Å². The second-order valence-electron chi connectivity index (χ2n) is 5.60. The van der Waals surface area contributed by atoms with Crippen LogP contribution in [0.5, 0.6) is 0 Å². The molecular formula is C19H12Cl2N4S. The van der Waals surface area contributed by atoms with Gasteiger partial charge in [-0.25, -0.2) is 5.10 Å². The summed E-state index contributed by atoms with van der Waals surface area (Å²) in [6, 6.07) is 19.4. The molecule has 4 aromatic rings. The Morgan fingerprint density at radius 1 is 1.04 bits per heavy atom. The van der Waals surface area contributed by atoms with Gasteiger partial charge in [-0.15, -0.1) is 0 Å². The van der Waals surface area contributed by atoms with E-state index in [2.05, 4.69) is 33.5 Å². The van der Waals surface area contributed by atoms with Crippen molar-refractivity contribution in [1.29, 1.82) is 0 Å². The minimum Gasteiger partial charge on any atom is -0.250 e. The Morgan fingerprint density at radius 3 is 2.69 bits per heavy atom. The number of fused-ring (bicyclic) bond motifs is 1. The summed E-state index contributed by atoms with van der Waals surface area (Å²) in [6.45, 7) is 0. The number of halogens is 2. The van der Waals surface area contributed by atoms with Crippen molar-refractivity contribution in [3.63, 3.8) is 0 Å². The standard InChI is InChI=1S/C19H12Cl2N4S/c20-14-8-9-16(17(21)10-14)18-23-24-19(26)25(18)22-11-13-6-3-5-12-4-1-2-7-15(12)13/h1-11H,(H,24,26)/b22-11-. The van der Waals surface area contributed by atoms with Gasteiger partial charge in [0.1, 0.15) is 0 Å². The number of rotatable bonds is 3. The highest BCUT2D eigenvalue weighted by Crippen LogP contribution is 2.29. The lowest BCUT2D eigenvalue weighted by Crippen LogP contribution is -1.96. The molecule has 0 atom stereocenters. The minimum atomic E-state index is 0.377. The molecule has 128 valence electrons. The maximum atomic E-state index is 6.30. The average molecular weight is 399 g/mol. The van der Waals surface area contributed by atoms with Crippen LogP contribution in [0.25, 0.3) is 22.2 Å². The van der Waals surface area contributed by atoms with E-state index in [1.54, 1.807) is 29.1 Å². The molecule has 3 aromatic carbocycles. The van der Waals surface area contributed by atoms with Crippen LogP contribution in [-0.4, -0.2) is 21.1 Å². The number of aromatic nitrogens is 3. The lowest BCUT2D eigenvalue weighted by atomic mass is 10.1. The molecule has 4 nitrogen and oxygen atoms in total. The van der Waals surface area contributed by atoms with Gasteiger partial charge in [0, 0.05) is 16.1 Å². The van der Waals surface area contributed by atoms with Gasteiger partial charge < -0.3 is 0 Å². The Kier molecular flexibility index (Phi) is 4.59. The fourth-order valence-electron chi connectivity index (χ4n) is 2.73. The van der Waals surface area contributed by atoms with Crippen molar-refractivity contribution in [2.75, 3.05) is 0 Å². The normalized spacial score (nSPS) is 11.5. The summed E-state index contributed by atoms with van der Waals surface area (Å²) >= 11 is 17.6. The minimum absolute atomic E-state index is 0.377. The quantitative estimate of drug-likeness (QED) is 0.342. The van der Waals surface area contributed by atoms with E-state index in [0.717, 1.165) is 16.3 Å². The fraction of sp³-hybridized carbons (Fsp3) is 0. The van der Waals surface area contributed by atoms with Crippen LogP contribution in [0, 0.1) is 4.77 Å². The third-order valence-corrected chi connectivity index (χ3v) is 4.77. The number of nitrogens with zero attached hydrogens (tertiary/aromatic N) is 3. The number of nitrogens with one attached hydrogen (secondary N) is 1. The Balaban J connectivity index is 1.81. The number of aromatic amines is 1. The fourth-order valence-corrected chi connectivity index (χ4v) is 3.40. The Morgan fingerprint density at radius 2 is 1.85 bits per heavy atom. The van der Waals surface area contributed by atoms with Crippen molar-refractivity contribution >= 4 is 52.4 Å². The summed E-state index contributed by atoms with van der Waals surface area (Å²) in [4.78, 5) is 0. The van der Waals surface area contributed by atoms with Gasteiger partial charge >= 0.3 is 0 Å². The first kappa shape index (κ1) is 17.0. The molecule has 0 aliphatic carbocycles. The van der Waals surface area contributed by atoms with Crippen LogP contribution in [0.3, 0.4) is 0 Å². The summed E-state index contributed by atoms with van der Waals surface area (Å²) in [5.74, 6) is 0.521. The number of benzene rings is 3. The Hall–Kier alpha value is -2.47. The van der Waals surface area contributed by atoms with Crippen LogP contribution in [0.15, 0.2) is 65.8 Å². The van der Waals surface area contributed by atoms with E-state index in [1.807, 2.05) is 24.3 Å². The maximum absolute atomic E-state index is 6.30. The third-order valence-electron chi connectivity index (χ3n) is 3.96. The molecule has 0 spiro atoms. The number of hydrogen-bond acceptors (Lipinski definition) is 3. The average Bonchev–Trinajstić information content (AvgIpc) is 3.00. The second-order valence-corrected chi connectivity index (χ2v) is 6.83. The molecule has 1 heterocycles. The van der Waals surface area contributed by atoms with E-state index < -0.39 is 0 Å². The molecule has 7 heteroatoms. The molecule has 0 saturated heterocycles. The molecule has 0 amide bonds. The number of hydrogen-bond donors (Lipinski definition) is 1. The summed E-state index contributed by atoms with van der Waals surface area (Å²) in [6.07, 6.45) is 1.76. The Bertz CT molecular complexity index is 1190. The van der Waals surface area contributed by atoms with Crippen LogP contribution in [-0.2, 0) is 0 Å². The molecule has 26 heavy (non-hydrogen) atoms. The molecule has 0 aliphatic rings. The zero-order valence-corrected chi connectivity index (χ0v) is 15.7. The first-order valence-electron chi connectivity index (χ1n) is 7.78. The van der Waals surface area contributed by atoms with Gasteiger partial charge in [0.25, 0.3) is 0 Å². The smallest absolute Gasteiger partial charge is 0.216 e. The zero-order chi connectivity index (χ0) is 18.1. The highest BCUT2D eigenvalue weighted by Gasteiger charge is 2.12. The molecular weight excluding hydrogens is 387 g/mol. The first-order valence-corrected chi connectivity index (χ1v) is 8.95. The molecule has 1 N–H and O–H groups in total. The highest BCUT2D eigenvalue weighted by molar-refractivity contribution is 7.71. The number of H-pyrrole nitrogens is 1. The lowest BCUT2D eigenvalue weighted by molar-refractivity contribution is 0.872. The van der Waals surface area contributed by atoms with Gasteiger partial charge in [0.15, 0.2) is 5.82 Å². The maximum Gasteiger partial charge on any atom is 0.216 e. The van der Waals surface area contributed by atoms with Gasteiger partial charge in [-0.1, -0.05) is 65.7 Å². The van der Waals surface area contributed by atoms with Crippen molar-refractivity contribution < 1.29 is 0 Å². The summed E-state index contributed by atoms with van der Waals surface area (Å²) < 4.78 is 1.93. The van der Waals surface area contributed by atoms with Crippen molar-refractivity contribution in [3.05, 3.63) is 81.0 Å². The third kappa shape index (κ3) is 3.17. The van der Waals surface area contributed by atoms with Gasteiger partial charge in [-0.2, -0.15) is 14.9 Å². The van der Waals surface area contributed by atoms with Gasteiger partial charge in [-0.05, 0) is 41.2 Å².